The smallest absolute Gasteiger partial charge is 0.326 e. The molecule has 0 aliphatic rings. The van der Waals surface area contributed by atoms with E-state index in [0.29, 0.717) is 45.2 Å². The maximum atomic E-state index is 11.8. The van der Waals surface area contributed by atoms with Crippen molar-refractivity contribution >= 4 is 17.8 Å². The number of carbonyl (C=O) groups is 2. The molecule has 0 fully saturated rings. The molecule has 0 heterocycles. The fraction of sp³-hybridized carbons (Fsp3) is 0.750. The number of carboxylic acid groups (broad SMARTS) is 1. The van der Waals surface area contributed by atoms with Crippen LogP contribution in [-0.2, 0) is 9.59 Å². The standard InChI is InChI=1S/C12H26N6O3/c13-6-2-1-5-9(11(20)21)18-10(19)8(14)4-3-7-17-12(15)16/h8-9H,1-7,13-14H2,(H,18,19)(H,20,21)(H4,15,16,17)/t8?,9-/m0/s1. The molecule has 21 heavy (non-hydrogen) atoms. The molecule has 0 rings (SSSR count). The first-order chi connectivity index (χ1) is 9.88. The Labute approximate surface area is 124 Å². The largest absolute Gasteiger partial charge is 0.480 e. The van der Waals surface area contributed by atoms with Gasteiger partial charge in [0.25, 0.3) is 0 Å². The molecule has 1 amide bonds. The maximum absolute atomic E-state index is 11.8. The van der Waals surface area contributed by atoms with Crippen LogP contribution in [0.3, 0.4) is 0 Å². The van der Waals surface area contributed by atoms with Crippen molar-refractivity contribution < 1.29 is 14.7 Å². The van der Waals surface area contributed by atoms with Gasteiger partial charge in [0.1, 0.15) is 6.04 Å². The van der Waals surface area contributed by atoms with Gasteiger partial charge in [0.2, 0.25) is 5.91 Å². The lowest BCUT2D eigenvalue weighted by Gasteiger charge is -2.17. The topological polar surface area (TPSA) is 183 Å². The van der Waals surface area contributed by atoms with Crippen LogP contribution in [0.5, 0.6) is 0 Å². The number of nitrogens with one attached hydrogen (secondary N) is 1. The molecule has 0 aromatic rings. The molecule has 0 saturated carbocycles. The van der Waals surface area contributed by atoms with Crippen LogP contribution in [0.4, 0.5) is 0 Å². The molecule has 0 spiro atoms. The number of nitrogens with two attached hydrogens (primary N) is 4. The number of carbonyl (C=O) groups excluding carboxylic acids is 1. The lowest BCUT2D eigenvalue weighted by atomic mass is 10.1. The second-order valence-corrected chi connectivity index (χ2v) is 4.74. The Hall–Kier alpha value is -1.87. The highest BCUT2D eigenvalue weighted by Crippen LogP contribution is 2.02. The maximum Gasteiger partial charge on any atom is 0.326 e. The monoisotopic (exact) mass is 302 g/mol. The third-order valence-corrected chi connectivity index (χ3v) is 2.87. The third kappa shape index (κ3) is 9.63. The van der Waals surface area contributed by atoms with Gasteiger partial charge in [-0.05, 0) is 38.6 Å². The van der Waals surface area contributed by atoms with Crippen LogP contribution in [0, 0.1) is 0 Å². The molecule has 0 radical (unpaired) electrons. The quantitative estimate of drug-likeness (QED) is 0.146. The Morgan fingerprint density at radius 3 is 2.33 bits per heavy atom. The van der Waals surface area contributed by atoms with E-state index >= 15 is 0 Å². The van der Waals surface area contributed by atoms with Crippen molar-refractivity contribution in [2.75, 3.05) is 13.1 Å². The number of amides is 1. The molecule has 0 aliphatic heterocycles. The van der Waals surface area contributed by atoms with E-state index in [-0.39, 0.29) is 5.96 Å². The fourth-order valence-electron chi connectivity index (χ4n) is 1.68. The molecular weight excluding hydrogens is 276 g/mol. The van der Waals surface area contributed by atoms with Crippen molar-refractivity contribution in [1.29, 1.82) is 0 Å². The highest BCUT2D eigenvalue weighted by molar-refractivity contribution is 5.86. The normalized spacial score (nSPS) is 13.2. The number of rotatable bonds is 11. The molecule has 0 aliphatic carbocycles. The van der Waals surface area contributed by atoms with Gasteiger partial charge in [-0.25, -0.2) is 4.79 Å². The molecule has 122 valence electrons. The van der Waals surface area contributed by atoms with E-state index in [2.05, 4.69) is 10.3 Å². The number of guanidine groups is 1. The number of carboxylic acids is 1. The second-order valence-electron chi connectivity index (χ2n) is 4.74. The average molecular weight is 302 g/mol. The Morgan fingerprint density at radius 2 is 1.81 bits per heavy atom. The number of hydrogen-bond donors (Lipinski definition) is 6. The predicted molar refractivity (Wildman–Crippen MR) is 80.4 cm³/mol. The van der Waals surface area contributed by atoms with Crippen LogP contribution in [0.25, 0.3) is 0 Å². The number of unbranched alkanes of at least 4 members (excludes halogenated alkanes) is 1. The number of hydrogen-bond acceptors (Lipinski definition) is 5. The van der Waals surface area contributed by atoms with Gasteiger partial charge < -0.3 is 33.4 Å². The summed E-state index contributed by atoms with van der Waals surface area (Å²) < 4.78 is 0. The number of aliphatic imine (C=N–C) groups is 1. The Balaban J connectivity index is 4.15. The Morgan fingerprint density at radius 1 is 1.14 bits per heavy atom. The first-order valence-electron chi connectivity index (χ1n) is 6.92. The van der Waals surface area contributed by atoms with Gasteiger partial charge in [-0.2, -0.15) is 0 Å². The van der Waals surface area contributed by atoms with E-state index in [1.165, 1.54) is 0 Å². The van der Waals surface area contributed by atoms with E-state index in [4.69, 9.17) is 28.0 Å². The highest BCUT2D eigenvalue weighted by Gasteiger charge is 2.22. The van der Waals surface area contributed by atoms with Crippen LogP contribution in [0.1, 0.15) is 32.1 Å². The summed E-state index contributed by atoms with van der Waals surface area (Å²) in [5, 5.41) is 11.5. The van der Waals surface area contributed by atoms with Crippen molar-refractivity contribution in [3.05, 3.63) is 0 Å². The fourth-order valence-corrected chi connectivity index (χ4v) is 1.68. The van der Waals surface area contributed by atoms with Crippen LogP contribution in [-0.4, -0.2) is 48.1 Å². The van der Waals surface area contributed by atoms with Gasteiger partial charge in [-0.15, -0.1) is 0 Å². The molecule has 0 saturated heterocycles. The zero-order chi connectivity index (χ0) is 16.3. The second kappa shape index (κ2) is 10.9. The summed E-state index contributed by atoms with van der Waals surface area (Å²) in [6.07, 6.45) is 2.59. The van der Waals surface area contributed by atoms with Gasteiger partial charge in [0, 0.05) is 6.54 Å². The van der Waals surface area contributed by atoms with E-state index in [0.717, 1.165) is 0 Å². The van der Waals surface area contributed by atoms with E-state index in [1.54, 1.807) is 0 Å². The molecular formula is C12H26N6O3. The van der Waals surface area contributed by atoms with Gasteiger partial charge in [-0.1, -0.05) is 0 Å². The van der Waals surface area contributed by atoms with Crippen LogP contribution in [0.2, 0.25) is 0 Å². The van der Waals surface area contributed by atoms with E-state index < -0.39 is 24.0 Å². The van der Waals surface area contributed by atoms with Crippen LogP contribution >= 0.6 is 0 Å². The van der Waals surface area contributed by atoms with E-state index in [1.807, 2.05) is 0 Å². The van der Waals surface area contributed by atoms with Gasteiger partial charge >= 0.3 is 5.97 Å². The zero-order valence-electron chi connectivity index (χ0n) is 12.1. The molecule has 0 bridgehead atoms. The van der Waals surface area contributed by atoms with Crippen LogP contribution < -0.4 is 28.3 Å². The number of nitrogens with zero attached hydrogens (tertiary/aromatic N) is 1. The summed E-state index contributed by atoms with van der Waals surface area (Å²) >= 11 is 0. The number of aliphatic carboxylic acids is 1. The Kier molecular flexibility index (Phi) is 9.90. The Bertz CT molecular complexity index is 357. The summed E-state index contributed by atoms with van der Waals surface area (Å²) in [6, 6.07) is -1.72. The van der Waals surface area contributed by atoms with Crippen molar-refractivity contribution in [2.45, 2.75) is 44.2 Å². The minimum atomic E-state index is -1.08. The molecule has 9 heteroatoms. The van der Waals surface area contributed by atoms with Gasteiger partial charge in [-0.3, -0.25) is 9.79 Å². The summed E-state index contributed by atoms with van der Waals surface area (Å²) in [6.45, 7) is 0.868. The lowest BCUT2D eigenvalue weighted by molar-refractivity contribution is -0.142. The molecule has 9 nitrogen and oxygen atoms in total. The van der Waals surface area contributed by atoms with Gasteiger partial charge in [0.15, 0.2) is 5.96 Å². The highest BCUT2D eigenvalue weighted by atomic mass is 16.4. The summed E-state index contributed by atoms with van der Waals surface area (Å²) in [5.74, 6) is -1.58. The van der Waals surface area contributed by atoms with Gasteiger partial charge in [0.05, 0.1) is 6.04 Å². The minimum absolute atomic E-state index is 0.0149. The third-order valence-electron chi connectivity index (χ3n) is 2.87. The predicted octanol–water partition coefficient (Wildman–Crippen LogP) is -1.93. The molecule has 2 atom stereocenters. The van der Waals surface area contributed by atoms with Crippen LogP contribution in [0.15, 0.2) is 4.99 Å². The SMILES string of the molecule is NCCCC[C@H](NC(=O)C(N)CCCN=C(N)N)C(=O)O. The van der Waals surface area contributed by atoms with Crippen molar-refractivity contribution in [1.82, 2.24) is 5.32 Å². The first kappa shape index (κ1) is 19.1. The summed E-state index contributed by atoms with van der Waals surface area (Å²) in [5.41, 5.74) is 21.4. The average Bonchev–Trinajstić information content (AvgIpc) is 2.41. The lowest BCUT2D eigenvalue weighted by Crippen LogP contribution is -2.48. The van der Waals surface area contributed by atoms with Crippen molar-refractivity contribution in [3.8, 4) is 0 Å². The first-order valence-corrected chi connectivity index (χ1v) is 6.92. The molecule has 0 aromatic heterocycles. The molecule has 0 aromatic carbocycles. The van der Waals surface area contributed by atoms with E-state index in [9.17, 15) is 9.59 Å². The summed E-state index contributed by atoms with van der Waals surface area (Å²) in [7, 11) is 0. The summed E-state index contributed by atoms with van der Waals surface area (Å²) in [4.78, 5) is 26.6. The zero-order valence-corrected chi connectivity index (χ0v) is 12.1. The van der Waals surface area contributed by atoms with Crippen molar-refractivity contribution in [3.63, 3.8) is 0 Å². The molecule has 10 N–H and O–H groups in total. The molecule has 1 unspecified atom stereocenters. The minimum Gasteiger partial charge on any atom is -0.480 e. The van der Waals surface area contributed by atoms with Crippen molar-refractivity contribution in [2.24, 2.45) is 27.9 Å².